The van der Waals surface area contributed by atoms with Crippen molar-refractivity contribution in [3.63, 3.8) is 0 Å². The summed E-state index contributed by atoms with van der Waals surface area (Å²) in [7, 11) is 0. The third kappa shape index (κ3) is 4.60. The molecule has 102 valence electrons. The predicted molar refractivity (Wildman–Crippen MR) is 78.5 cm³/mol. The zero-order valence-corrected chi connectivity index (χ0v) is 12.9. The fourth-order valence-corrected chi connectivity index (χ4v) is 1.55. The SMILES string of the molecule is C#CCOc1cc(CBr)ccc1OC(=O)C(C)(C)C. The highest BCUT2D eigenvalue weighted by atomic mass is 79.9. The van der Waals surface area contributed by atoms with Crippen LogP contribution in [0.2, 0.25) is 0 Å². The van der Waals surface area contributed by atoms with Crippen LogP contribution in [0.5, 0.6) is 11.5 Å². The Morgan fingerprint density at radius 3 is 2.58 bits per heavy atom. The van der Waals surface area contributed by atoms with Gasteiger partial charge >= 0.3 is 5.97 Å². The van der Waals surface area contributed by atoms with Gasteiger partial charge in [-0.1, -0.05) is 27.9 Å². The van der Waals surface area contributed by atoms with Crippen LogP contribution in [0.4, 0.5) is 0 Å². The summed E-state index contributed by atoms with van der Waals surface area (Å²) in [4.78, 5) is 11.9. The summed E-state index contributed by atoms with van der Waals surface area (Å²) < 4.78 is 10.8. The molecule has 0 aliphatic heterocycles. The highest BCUT2D eigenvalue weighted by Gasteiger charge is 2.25. The van der Waals surface area contributed by atoms with Gasteiger partial charge in [-0.25, -0.2) is 0 Å². The van der Waals surface area contributed by atoms with E-state index in [2.05, 4.69) is 21.9 Å². The molecule has 0 aliphatic carbocycles. The molecule has 0 heterocycles. The van der Waals surface area contributed by atoms with Gasteiger partial charge in [-0.2, -0.15) is 0 Å². The van der Waals surface area contributed by atoms with Crippen LogP contribution < -0.4 is 9.47 Å². The summed E-state index contributed by atoms with van der Waals surface area (Å²) in [5, 5.41) is 0.687. The van der Waals surface area contributed by atoms with Crippen LogP contribution in [0.3, 0.4) is 0 Å². The van der Waals surface area contributed by atoms with Gasteiger partial charge in [-0.15, -0.1) is 6.42 Å². The number of carbonyl (C=O) groups excluding carboxylic acids is 1. The maximum absolute atomic E-state index is 11.9. The van der Waals surface area contributed by atoms with Crippen molar-refractivity contribution in [2.75, 3.05) is 6.61 Å². The summed E-state index contributed by atoms with van der Waals surface area (Å²) in [6.45, 7) is 5.52. The number of alkyl halides is 1. The third-order valence-electron chi connectivity index (χ3n) is 2.29. The lowest BCUT2D eigenvalue weighted by Gasteiger charge is -2.18. The van der Waals surface area contributed by atoms with Gasteiger partial charge in [0, 0.05) is 5.33 Å². The molecule has 0 saturated heterocycles. The van der Waals surface area contributed by atoms with Crippen molar-refractivity contribution in [3.05, 3.63) is 23.8 Å². The van der Waals surface area contributed by atoms with Crippen molar-refractivity contribution < 1.29 is 14.3 Å². The highest BCUT2D eigenvalue weighted by molar-refractivity contribution is 9.08. The number of ether oxygens (including phenoxy) is 2. The van der Waals surface area contributed by atoms with Crippen LogP contribution in [0.25, 0.3) is 0 Å². The van der Waals surface area contributed by atoms with E-state index < -0.39 is 5.41 Å². The van der Waals surface area contributed by atoms with Gasteiger partial charge in [-0.3, -0.25) is 4.79 Å². The number of benzene rings is 1. The molecule has 0 spiro atoms. The molecule has 1 rings (SSSR count). The zero-order valence-electron chi connectivity index (χ0n) is 11.3. The van der Waals surface area contributed by atoms with E-state index in [1.807, 2.05) is 6.07 Å². The van der Waals surface area contributed by atoms with Crippen LogP contribution in [-0.2, 0) is 10.1 Å². The minimum absolute atomic E-state index is 0.131. The number of halogens is 1. The van der Waals surface area contributed by atoms with Crippen molar-refractivity contribution in [2.24, 2.45) is 5.41 Å². The Kier molecular flexibility index (Phi) is 5.44. The third-order valence-corrected chi connectivity index (χ3v) is 2.94. The standard InChI is InChI=1S/C15H17BrO3/c1-5-8-18-13-9-11(10-16)6-7-12(13)19-14(17)15(2,3)4/h1,6-7,9H,8,10H2,2-4H3. The molecule has 1 aromatic rings. The van der Waals surface area contributed by atoms with Gasteiger partial charge < -0.3 is 9.47 Å². The molecule has 0 radical (unpaired) electrons. The Labute approximate surface area is 122 Å². The molecule has 0 bridgehead atoms. The average Bonchev–Trinajstić information content (AvgIpc) is 2.36. The molecule has 19 heavy (non-hydrogen) atoms. The number of carbonyl (C=O) groups is 1. The van der Waals surface area contributed by atoms with Crippen molar-refractivity contribution in [1.82, 2.24) is 0 Å². The lowest BCUT2D eigenvalue weighted by Crippen LogP contribution is -2.25. The summed E-state index contributed by atoms with van der Waals surface area (Å²) in [5.74, 6) is 2.94. The largest absolute Gasteiger partial charge is 0.477 e. The van der Waals surface area contributed by atoms with E-state index >= 15 is 0 Å². The van der Waals surface area contributed by atoms with E-state index in [4.69, 9.17) is 15.9 Å². The smallest absolute Gasteiger partial charge is 0.316 e. The molecular weight excluding hydrogens is 308 g/mol. The monoisotopic (exact) mass is 324 g/mol. The predicted octanol–water partition coefficient (Wildman–Crippen LogP) is 3.55. The van der Waals surface area contributed by atoms with E-state index in [9.17, 15) is 4.79 Å². The summed E-state index contributed by atoms with van der Waals surface area (Å²) >= 11 is 3.36. The van der Waals surface area contributed by atoms with Gasteiger partial charge in [0.15, 0.2) is 11.5 Å². The van der Waals surface area contributed by atoms with Crippen molar-refractivity contribution in [2.45, 2.75) is 26.1 Å². The van der Waals surface area contributed by atoms with Gasteiger partial charge in [0.1, 0.15) is 6.61 Å². The molecule has 0 atom stereocenters. The second kappa shape index (κ2) is 6.63. The molecule has 1 aromatic carbocycles. The van der Waals surface area contributed by atoms with Crippen molar-refractivity contribution >= 4 is 21.9 Å². The van der Waals surface area contributed by atoms with Crippen LogP contribution >= 0.6 is 15.9 Å². The Balaban J connectivity index is 2.99. The van der Waals surface area contributed by atoms with Gasteiger partial charge in [0.2, 0.25) is 0 Å². The molecule has 0 fully saturated rings. The van der Waals surface area contributed by atoms with E-state index in [1.165, 1.54) is 0 Å². The Morgan fingerprint density at radius 2 is 2.05 bits per heavy atom. The molecule has 0 aliphatic rings. The lowest BCUT2D eigenvalue weighted by molar-refractivity contribution is -0.143. The Morgan fingerprint density at radius 1 is 1.37 bits per heavy atom. The lowest BCUT2D eigenvalue weighted by atomic mass is 9.97. The first-order chi connectivity index (χ1) is 8.88. The van der Waals surface area contributed by atoms with Gasteiger partial charge in [0.25, 0.3) is 0 Å². The van der Waals surface area contributed by atoms with Gasteiger partial charge in [-0.05, 0) is 38.5 Å². The number of rotatable bonds is 4. The first-order valence-corrected chi connectivity index (χ1v) is 6.98. The first-order valence-electron chi connectivity index (χ1n) is 5.86. The van der Waals surface area contributed by atoms with E-state index in [0.29, 0.717) is 16.8 Å². The molecule has 0 N–H and O–H groups in total. The van der Waals surface area contributed by atoms with Crippen LogP contribution in [0.15, 0.2) is 18.2 Å². The molecule has 3 nitrogen and oxygen atoms in total. The average molecular weight is 325 g/mol. The van der Waals surface area contributed by atoms with Crippen LogP contribution in [0, 0.1) is 17.8 Å². The summed E-state index contributed by atoms with van der Waals surface area (Å²) in [6.07, 6.45) is 5.18. The topological polar surface area (TPSA) is 35.5 Å². The Hall–Kier alpha value is -1.47. The number of hydrogen-bond acceptors (Lipinski definition) is 3. The summed E-state index contributed by atoms with van der Waals surface area (Å²) in [5.41, 5.74) is 0.444. The molecule has 4 heteroatoms. The van der Waals surface area contributed by atoms with Crippen molar-refractivity contribution in [3.8, 4) is 23.8 Å². The molecule has 0 saturated carbocycles. The van der Waals surface area contributed by atoms with E-state index in [0.717, 1.165) is 5.56 Å². The second-order valence-electron chi connectivity index (χ2n) is 5.05. The normalized spacial score (nSPS) is 10.7. The number of esters is 1. The highest BCUT2D eigenvalue weighted by Crippen LogP contribution is 2.31. The fourth-order valence-electron chi connectivity index (χ4n) is 1.21. The number of hydrogen-bond donors (Lipinski definition) is 0. The molecule has 0 aromatic heterocycles. The number of terminal acetylenes is 1. The molecular formula is C15H17BrO3. The van der Waals surface area contributed by atoms with E-state index in [1.54, 1.807) is 32.9 Å². The van der Waals surface area contributed by atoms with Gasteiger partial charge in [0.05, 0.1) is 5.41 Å². The first kappa shape index (κ1) is 15.6. The van der Waals surface area contributed by atoms with Crippen molar-refractivity contribution in [1.29, 1.82) is 0 Å². The second-order valence-corrected chi connectivity index (χ2v) is 5.61. The minimum atomic E-state index is -0.572. The molecule has 0 amide bonds. The Bertz CT molecular complexity index is 495. The van der Waals surface area contributed by atoms with E-state index in [-0.39, 0.29) is 12.6 Å². The molecule has 0 unspecified atom stereocenters. The fraction of sp³-hybridized carbons (Fsp3) is 0.400. The maximum atomic E-state index is 11.9. The quantitative estimate of drug-likeness (QED) is 0.368. The van der Waals surface area contributed by atoms with Crippen LogP contribution in [-0.4, -0.2) is 12.6 Å². The maximum Gasteiger partial charge on any atom is 0.316 e. The summed E-state index contributed by atoms with van der Waals surface area (Å²) in [6, 6.07) is 5.38. The zero-order chi connectivity index (χ0) is 14.5. The van der Waals surface area contributed by atoms with Crippen LogP contribution in [0.1, 0.15) is 26.3 Å². The minimum Gasteiger partial charge on any atom is -0.477 e.